The Labute approximate surface area is 248 Å². The van der Waals surface area contributed by atoms with E-state index in [9.17, 15) is 0 Å². The molecule has 0 saturated heterocycles. The van der Waals surface area contributed by atoms with Crippen LogP contribution in [0.4, 0.5) is 4.39 Å². The van der Waals surface area contributed by atoms with Crippen molar-refractivity contribution in [1.82, 2.24) is 0 Å². The lowest BCUT2D eigenvalue weighted by atomic mass is 9.88. The third-order valence-corrected chi connectivity index (χ3v) is 12.6. The second-order valence-electron chi connectivity index (χ2n) is 13.7. The Morgan fingerprint density at radius 2 is 1.48 bits per heavy atom. The van der Waals surface area contributed by atoms with Gasteiger partial charge in [-0.15, -0.1) is 0 Å². The summed E-state index contributed by atoms with van der Waals surface area (Å²) < 4.78 is 24.8. The second kappa shape index (κ2) is 9.24. The molecule has 0 saturated carbocycles. The van der Waals surface area contributed by atoms with Crippen molar-refractivity contribution in [2.45, 2.75) is 47.2 Å². The van der Waals surface area contributed by atoms with Gasteiger partial charge in [0.25, 0.3) is 0 Å². The molecule has 0 atom stereocenters. The third-order valence-electron chi connectivity index (χ3n) is 9.04. The van der Waals surface area contributed by atoms with Gasteiger partial charge >= 0.3 is 0 Å². The van der Waals surface area contributed by atoms with Crippen LogP contribution in [0.5, 0.6) is 0 Å². The molecule has 2 nitrogen and oxygen atoms in total. The number of benzene rings is 4. The number of furan rings is 1. The number of aryl methyl sites for hydroxylation is 2. The van der Waals surface area contributed by atoms with Gasteiger partial charge < -0.3 is 4.42 Å². The van der Waals surface area contributed by atoms with Crippen LogP contribution in [0, 0.1) is 18.2 Å². The highest BCUT2D eigenvalue weighted by atomic mass is 28.3. The summed E-state index contributed by atoms with van der Waals surface area (Å²) in [7, 11) is 0.172. The van der Waals surface area contributed by atoms with Crippen LogP contribution in [0.1, 0.15) is 31.9 Å². The predicted octanol–water partition coefficient (Wildman–Crippen LogP) is 8.58. The molecule has 4 aromatic carbocycles. The zero-order valence-corrected chi connectivity index (χ0v) is 26.5. The van der Waals surface area contributed by atoms with Crippen LogP contribution >= 0.6 is 0 Å². The predicted molar refractivity (Wildman–Crippen MR) is 176 cm³/mol. The summed E-state index contributed by atoms with van der Waals surface area (Å²) in [6.45, 7) is 13.7. The van der Waals surface area contributed by atoms with E-state index in [1.54, 1.807) is 6.07 Å². The van der Waals surface area contributed by atoms with E-state index < -0.39 is 8.07 Å². The minimum Gasteiger partial charge on any atom is -0.454 e. The summed E-state index contributed by atoms with van der Waals surface area (Å²) in [4.78, 5) is 0. The standard InChI is InChI=1S/C38H37FNOSi/c1-23-12-14-28-29-16-17-30(39)35(25-13-15-27-26-10-8-9-11-32(26)42(6,7)33(27)21-25)37(29)41-36(28)34(23)31-20-24(18-19-40(31)5)22-38(2,3)4/h8-21H,22H2,1-7H3/q+1. The van der Waals surface area contributed by atoms with Crippen molar-refractivity contribution in [3.63, 3.8) is 0 Å². The van der Waals surface area contributed by atoms with Gasteiger partial charge in [0.05, 0.1) is 11.1 Å². The van der Waals surface area contributed by atoms with Gasteiger partial charge in [-0.25, -0.2) is 8.96 Å². The summed E-state index contributed by atoms with van der Waals surface area (Å²) in [5.41, 5.74) is 10.2. The van der Waals surface area contributed by atoms with E-state index in [2.05, 4.69) is 125 Å². The number of aromatic nitrogens is 1. The normalized spacial score (nSPS) is 14.0. The zero-order valence-electron chi connectivity index (χ0n) is 25.5. The Kier molecular flexibility index (Phi) is 5.91. The van der Waals surface area contributed by atoms with E-state index in [4.69, 9.17) is 4.42 Å². The average molecular weight is 571 g/mol. The zero-order chi connectivity index (χ0) is 29.6. The van der Waals surface area contributed by atoms with E-state index >= 15 is 4.39 Å². The molecule has 3 heterocycles. The van der Waals surface area contributed by atoms with Gasteiger partial charge in [0.15, 0.2) is 6.20 Å². The lowest BCUT2D eigenvalue weighted by Crippen LogP contribution is -2.49. The molecule has 1 aliphatic heterocycles. The van der Waals surface area contributed by atoms with Gasteiger partial charge in [-0.05, 0) is 69.1 Å². The Balaban J connectivity index is 1.46. The fourth-order valence-electron chi connectivity index (χ4n) is 7.01. The molecule has 210 valence electrons. The SMILES string of the molecule is Cc1ccc2c(oc3c(-c4ccc5c(c4)[Si](C)(C)c4ccccc4-5)c(F)ccc32)c1-c1cc(CC(C)(C)C)cc[n+]1C. The first-order valence-corrected chi connectivity index (χ1v) is 17.8. The first kappa shape index (κ1) is 26.8. The molecule has 4 heteroatoms. The Morgan fingerprint density at radius 1 is 0.786 bits per heavy atom. The molecule has 2 aromatic heterocycles. The van der Waals surface area contributed by atoms with Crippen molar-refractivity contribution >= 4 is 40.4 Å². The molecule has 1 aliphatic rings. The summed E-state index contributed by atoms with van der Waals surface area (Å²) in [6, 6.07) is 27.4. The van der Waals surface area contributed by atoms with Gasteiger partial charge in [0, 0.05) is 22.9 Å². The van der Waals surface area contributed by atoms with Crippen molar-refractivity contribution < 1.29 is 13.4 Å². The molecule has 0 spiro atoms. The molecule has 0 unspecified atom stereocenters. The summed E-state index contributed by atoms with van der Waals surface area (Å²) in [6.07, 6.45) is 3.11. The molecule has 6 aromatic rings. The first-order chi connectivity index (χ1) is 19.9. The highest BCUT2D eigenvalue weighted by Crippen LogP contribution is 2.42. The second-order valence-corrected chi connectivity index (χ2v) is 18.1. The number of pyridine rings is 1. The van der Waals surface area contributed by atoms with Crippen LogP contribution in [0.15, 0.2) is 89.5 Å². The quantitative estimate of drug-likeness (QED) is 0.154. The largest absolute Gasteiger partial charge is 0.454 e. The summed E-state index contributed by atoms with van der Waals surface area (Å²) >= 11 is 0. The van der Waals surface area contributed by atoms with Crippen LogP contribution in [-0.4, -0.2) is 8.07 Å². The molecule has 7 rings (SSSR count). The Hall–Kier alpha value is -4.02. The molecule has 0 aliphatic carbocycles. The van der Waals surface area contributed by atoms with E-state index in [1.165, 1.54) is 27.1 Å². The maximum Gasteiger partial charge on any atom is 0.216 e. The number of rotatable bonds is 3. The van der Waals surface area contributed by atoms with Gasteiger partial charge in [-0.3, -0.25) is 0 Å². The van der Waals surface area contributed by atoms with Gasteiger partial charge in [0.2, 0.25) is 5.69 Å². The molecule has 0 N–H and O–H groups in total. The van der Waals surface area contributed by atoms with Crippen molar-refractivity contribution in [2.75, 3.05) is 0 Å². The monoisotopic (exact) mass is 570 g/mol. The smallest absolute Gasteiger partial charge is 0.216 e. The fourth-order valence-corrected chi connectivity index (χ4v) is 10.1. The van der Waals surface area contributed by atoms with E-state index in [0.717, 1.165) is 45.2 Å². The highest BCUT2D eigenvalue weighted by molar-refractivity contribution is 7.03. The van der Waals surface area contributed by atoms with Crippen LogP contribution in [0.3, 0.4) is 0 Å². The number of hydrogen-bond acceptors (Lipinski definition) is 1. The van der Waals surface area contributed by atoms with Crippen LogP contribution < -0.4 is 14.9 Å². The Bertz CT molecular complexity index is 2060. The number of halogens is 1. The van der Waals surface area contributed by atoms with E-state index in [1.807, 2.05) is 6.07 Å². The van der Waals surface area contributed by atoms with Gasteiger partial charge in [-0.2, -0.15) is 0 Å². The van der Waals surface area contributed by atoms with Crippen molar-refractivity contribution in [1.29, 1.82) is 0 Å². The van der Waals surface area contributed by atoms with Crippen molar-refractivity contribution in [3.8, 4) is 33.5 Å². The average Bonchev–Trinajstić information content (AvgIpc) is 3.41. The van der Waals surface area contributed by atoms with Crippen molar-refractivity contribution in [2.24, 2.45) is 12.5 Å². The molecule has 0 fully saturated rings. The minimum absolute atomic E-state index is 0.179. The third kappa shape index (κ3) is 4.07. The number of nitrogens with zero attached hydrogens (tertiary/aromatic N) is 1. The molecule has 0 radical (unpaired) electrons. The maximum atomic E-state index is 15.9. The van der Waals surface area contributed by atoms with E-state index in [-0.39, 0.29) is 11.2 Å². The topological polar surface area (TPSA) is 17.0 Å². The molecule has 0 amide bonds. The fraction of sp³-hybridized carbons (Fsp3) is 0.237. The summed E-state index contributed by atoms with van der Waals surface area (Å²) in [5, 5.41) is 4.75. The number of fused-ring (bicyclic) bond motifs is 6. The maximum absolute atomic E-state index is 15.9. The molecular formula is C38H37FNOSi+. The highest BCUT2D eigenvalue weighted by Gasteiger charge is 2.37. The van der Waals surface area contributed by atoms with Gasteiger partial charge in [-0.1, -0.05) is 88.5 Å². The first-order valence-electron chi connectivity index (χ1n) is 14.8. The molecular weight excluding hydrogens is 534 g/mol. The van der Waals surface area contributed by atoms with E-state index in [0.29, 0.717) is 11.1 Å². The van der Waals surface area contributed by atoms with Gasteiger partial charge in [0.1, 0.15) is 32.1 Å². The molecule has 42 heavy (non-hydrogen) atoms. The minimum atomic E-state index is -1.91. The lowest BCUT2D eigenvalue weighted by molar-refractivity contribution is -0.660. The Morgan fingerprint density at radius 3 is 2.24 bits per heavy atom. The summed E-state index contributed by atoms with van der Waals surface area (Å²) in [5.74, 6) is -0.257. The number of hydrogen-bond donors (Lipinski definition) is 0. The molecule has 0 bridgehead atoms. The van der Waals surface area contributed by atoms with Crippen molar-refractivity contribution in [3.05, 3.63) is 102 Å². The lowest BCUT2D eigenvalue weighted by Gasteiger charge is -2.19. The van der Waals surface area contributed by atoms with Crippen LogP contribution in [0.2, 0.25) is 13.1 Å². The van der Waals surface area contributed by atoms with Crippen LogP contribution in [-0.2, 0) is 13.5 Å². The van der Waals surface area contributed by atoms with Crippen LogP contribution in [0.25, 0.3) is 55.4 Å².